The maximum atomic E-state index is 12.0. The van der Waals surface area contributed by atoms with Crippen LogP contribution in [0.5, 0.6) is 0 Å². The summed E-state index contributed by atoms with van der Waals surface area (Å²) in [6.07, 6.45) is 0.880. The van der Waals surface area contributed by atoms with Gasteiger partial charge in [-0.1, -0.05) is 20.3 Å². The first-order valence-corrected chi connectivity index (χ1v) is 6.30. The Morgan fingerprint density at radius 3 is 3.00 bits per heavy atom. The molecule has 1 saturated heterocycles. The van der Waals surface area contributed by atoms with Gasteiger partial charge in [0.1, 0.15) is 6.04 Å². The number of nitrogens with zero attached hydrogens (tertiary/aromatic N) is 2. The van der Waals surface area contributed by atoms with E-state index in [4.69, 9.17) is 11.0 Å². The van der Waals surface area contributed by atoms with Crippen molar-refractivity contribution in [1.29, 1.82) is 5.26 Å². The van der Waals surface area contributed by atoms with E-state index in [9.17, 15) is 4.79 Å². The third-order valence-corrected chi connectivity index (χ3v) is 3.87. The molecule has 84 valence electrons. The summed E-state index contributed by atoms with van der Waals surface area (Å²) < 4.78 is 0. The number of hydrogen-bond donors (Lipinski definition) is 1. The summed E-state index contributed by atoms with van der Waals surface area (Å²) in [5.74, 6) is 1.39. The summed E-state index contributed by atoms with van der Waals surface area (Å²) in [6.45, 7) is 3.98. The van der Waals surface area contributed by atoms with Crippen LogP contribution in [-0.2, 0) is 4.79 Å². The van der Waals surface area contributed by atoms with Gasteiger partial charge in [-0.25, -0.2) is 0 Å². The van der Waals surface area contributed by atoms with Crippen LogP contribution in [-0.4, -0.2) is 34.5 Å². The van der Waals surface area contributed by atoms with Gasteiger partial charge in [0.15, 0.2) is 0 Å². The van der Waals surface area contributed by atoms with E-state index in [-0.39, 0.29) is 17.9 Å². The highest BCUT2D eigenvalue weighted by Crippen LogP contribution is 2.22. The smallest absolute Gasteiger partial charge is 0.241 e. The third kappa shape index (κ3) is 2.64. The van der Waals surface area contributed by atoms with Crippen LogP contribution >= 0.6 is 11.8 Å². The van der Waals surface area contributed by atoms with E-state index in [1.165, 1.54) is 0 Å². The Kier molecular flexibility index (Phi) is 4.43. The zero-order valence-electron chi connectivity index (χ0n) is 9.14. The Balaban J connectivity index is 2.64. The zero-order valence-corrected chi connectivity index (χ0v) is 9.96. The Hall–Kier alpha value is -0.730. The Labute approximate surface area is 94.8 Å². The molecule has 0 radical (unpaired) electrons. The average Bonchev–Trinajstić information content (AvgIpc) is 2.73. The lowest BCUT2D eigenvalue weighted by Gasteiger charge is -2.25. The van der Waals surface area contributed by atoms with Crippen molar-refractivity contribution >= 4 is 17.7 Å². The largest absolute Gasteiger partial charge is 0.320 e. The number of rotatable bonds is 3. The molecule has 3 atom stereocenters. The highest BCUT2D eigenvalue weighted by molar-refractivity contribution is 7.99. The van der Waals surface area contributed by atoms with Crippen LogP contribution in [0.1, 0.15) is 20.3 Å². The van der Waals surface area contributed by atoms with E-state index in [2.05, 4.69) is 6.07 Å². The number of amides is 1. The highest BCUT2D eigenvalue weighted by atomic mass is 32.2. The summed E-state index contributed by atoms with van der Waals surface area (Å²) in [5.41, 5.74) is 5.86. The highest BCUT2D eigenvalue weighted by Gasteiger charge is 2.33. The SMILES string of the molecule is CCC(C)[C@H](N)C(=O)N1CSC[C@H]1C#N. The van der Waals surface area contributed by atoms with E-state index in [1.54, 1.807) is 16.7 Å². The molecule has 1 amide bonds. The maximum Gasteiger partial charge on any atom is 0.241 e. The first-order chi connectivity index (χ1) is 7.11. The van der Waals surface area contributed by atoms with Gasteiger partial charge in [-0.3, -0.25) is 4.79 Å². The minimum atomic E-state index is -0.468. The van der Waals surface area contributed by atoms with Crippen LogP contribution in [0.15, 0.2) is 0 Å². The number of nitrogens with two attached hydrogens (primary N) is 1. The van der Waals surface area contributed by atoms with Crippen molar-refractivity contribution in [3.63, 3.8) is 0 Å². The molecule has 0 aromatic rings. The van der Waals surface area contributed by atoms with E-state index in [0.29, 0.717) is 11.6 Å². The molecule has 15 heavy (non-hydrogen) atoms. The molecule has 1 rings (SSSR count). The van der Waals surface area contributed by atoms with Gasteiger partial charge in [-0.05, 0) is 5.92 Å². The zero-order chi connectivity index (χ0) is 11.4. The van der Waals surface area contributed by atoms with Crippen LogP contribution in [0.3, 0.4) is 0 Å². The lowest BCUT2D eigenvalue weighted by atomic mass is 9.99. The summed E-state index contributed by atoms with van der Waals surface area (Å²) in [7, 11) is 0. The number of hydrogen-bond acceptors (Lipinski definition) is 4. The van der Waals surface area contributed by atoms with Gasteiger partial charge in [-0.15, -0.1) is 11.8 Å². The van der Waals surface area contributed by atoms with E-state index in [1.807, 2.05) is 13.8 Å². The summed E-state index contributed by atoms with van der Waals surface area (Å²) in [6, 6.07) is 1.37. The molecular weight excluding hydrogens is 210 g/mol. The molecular formula is C10H17N3OS. The molecule has 0 spiro atoms. The standard InChI is InChI=1S/C10H17N3OS/c1-3-7(2)9(12)10(14)13-6-15-5-8(13)4-11/h7-9H,3,5-6,12H2,1-2H3/t7?,8-,9+/m1/s1. The molecule has 0 aromatic heterocycles. The number of nitriles is 1. The number of thioether (sulfide) groups is 1. The minimum Gasteiger partial charge on any atom is -0.320 e. The third-order valence-electron chi connectivity index (χ3n) is 2.86. The van der Waals surface area contributed by atoms with Crippen molar-refractivity contribution in [3.8, 4) is 6.07 Å². The van der Waals surface area contributed by atoms with Gasteiger partial charge in [0.05, 0.1) is 18.0 Å². The predicted octanol–water partition coefficient (Wildman–Crippen LogP) is 0.785. The summed E-state index contributed by atoms with van der Waals surface area (Å²) >= 11 is 1.61. The molecule has 2 N–H and O–H groups in total. The van der Waals surface area contributed by atoms with Crippen molar-refractivity contribution in [2.75, 3.05) is 11.6 Å². The molecule has 0 saturated carbocycles. The van der Waals surface area contributed by atoms with Gasteiger partial charge in [-0.2, -0.15) is 5.26 Å². The van der Waals surface area contributed by atoms with Crippen LogP contribution in [0, 0.1) is 17.2 Å². The second-order valence-electron chi connectivity index (χ2n) is 3.86. The predicted molar refractivity (Wildman–Crippen MR) is 61.0 cm³/mol. The monoisotopic (exact) mass is 227 g/mol. The Morgan fingerprint density at radius 1 is 1.80 bits per heavy atom. The lowest BCUT2D eigenvalue weighted by molar-refractivity contribution is -0.133. The molecule has 1 fully saturated rings. The fourth-order valence-electron chi connectivity index (χ4n) is 1.46. The number of carbonyl (C=O) groups is 1. The Morgan fingerprint density at radius 2 is 2.47 bits per heavy atom. The molecule has 0 aliphatic carbocycles. The van der Waals surface area contributed by atoms with Crippen LogP contribution in [0.2, 0.25) is 0 Å². The van der Waals surface area contributed by atoms with Crippen molar-refractivity contribution in [2.45, 2.75) is 32.4 Å². The van der Waals surface area contributed by atoms with Gasteiger partial charge >= 0.3 is 0 Å². The summed E-state index contributed by atoms with van der Waals surface area (Å²) in [5, 5.41) is 8.86. The first-order valence-electron chi connectivity index (χ1n) is 5.15. The molecule has 0 bridgehead atoms. The van der Waals surface area contributed by atoms with Gasteiger partial charge in [0, 0.05) is 5.75 Å². The fourth-order valence-corrected chi connectivity index (χ4v) is 2.54. The van der Waals surface area contributed by atoms with Crippen LogP contribution < -0.4 is 5.73 Å². The topological polar surface area (TPSA) is 70.1 Å². The van der Waals surface area contributed by atoms with Crippen molar-refractivity contribution in [2.24, 2.45) is 11.7 Å². The summed E-state index contributed by atoms with van der Waals surface area (Å²) in [4.78, 5) is 13.6. The molecule has 1 aliphatic rings. The minimum absolute atomic E-state index is 0.0825. The lowest BCUT2D eigenvalue weighted by Crippen LogP contribution is -2.48. The molecule has 4 nitrogen and oxygen atoms in total. The molecule has 1 aliphatic heterocycles. The first kappa shape index (κ1) is 12.3. The molecule has 1 heterocycles. The second-order valence-corrected chi connectivity index (χ2v) is 4.86. The van der Waals surface area contributed by atoms with E-state index >= 15 is 0 Å². The normalized spacial score (nSPS) is 24.7. The average molecular weight is 227 g/mol. The van der Waals surface area contributed by atoms with Crippen molar-refractivity contribution < 1.29 is 4.79 Å². The van der Waals surface area contributed by atoms with Gasteiger partial charge in [0.25, 0.3) is 0 Å². The van der Waals surface area contributed by atoms with Crippen molar-refractivity contribution in [3.05, 3.63) is 0 Å². The van der Waals surface area contributed by atoms with E-state index < -0.39 is 6.04 Å². The quantitative estimate of drug-likeness (QED) is 0.773. The van der Waals surface area contributed by atoms with Crippen molar-refractivity contribution in [1.82, 2.24) is 4.90 Å². The second kappa shape index (κ2) is 5.38. The molecule has 1 unspecified atom stereocenters. The fraction of sp³-hybridized carbons (Fsp3) is 0.800. The van der Waals surface area contributed by atoms with E-state index in [0.717, 1.165) is 6.42 Å². The van der Waals surface area contributed by atoms with Gasteiger partial charge in [0.2, 0.25) is 5.91 Å². The Bertz CT molecular complexity index is 276. The number of carbonyl (C=O) groups excluding carboxylic acids is 1. The maximum absolute atomic E-state index is 12.0. The molecule has 0 aromatic carbocycles. The van der Waals surface area contributed by atoms with Crippen LogP contribution in [0.4, 0.5) is 0 Å². The van der Waals surface area contributed by atoms with Crippen LogP contribution in [0.25, 0.3) is 0 Å². The molecule has 5 heteroatoms. The van der Waals surface area contributed by atoms with Gasteiger partial charge < -0.3 is 10.6 Å².